The highest BCUT2D eigenvalue weighted by molar-refractivity contribution is 6.23. The Bertz CT molecular complexity index is 5680. The van der Waals surface area contributed by atoms with Crippen LogP contribution in [0.3, 0.4) is 0 Å². The molecule has 15 aromatic rings. The topological polar surface area (TPSA) is 29.5 Å². The molecule has 0 N–H and O–H groups in total. The summed E-state index contributed by atoms with van der Waals surface area (Å²) >= 11 is 0. The molecule has 0 saturated carbocycles. The second-order valence-electron chi connectivity index (χ2n) is 28.2. The van der Waals surface area contributed by atoms with E-state index < -0.39 is 21.7 Å². The second-order valence-corrected chi connectivity index (χ2v) is 28.2. The van der Waals surface area contributed by atoms with Gasteiger partial charge >= 0.3 is 0 Å². The molecule has 13 aromatic carbocycles. The van der Waals surface area contributed by atoms with Gasteiger partial charge in [0, 0.05) is 60.6 Å². The molecule has 2 heterocycles. The fourth-order valence-corrected chi connectivity index (χ4v) is 18.8. The third-order valence-electron chi connectivity index (χ3n) is 22.5. The molecule has 0 aliphatic heterocycles. The number of fused-ring (bicyclic) bond motifs is 26. The lowest BCUT2D eigenvalue weighted by Gasteiger charge is -2.46. The van der Waals surface area contributed by atoms with Crippen molar-refractivity contribution in [2.75, 3.05) is 4.90 Å². The average Bonchev–Trinajstić information content (AvgIpc) is 1.48. The minimum Gasteiger partial charge on any atom is -0.455 e. The molecular weight excluding hydrogens is 1110 g/mol. The predicted octanol–water partition coefficient (Wildman–Crippen LogP) is 22.9. The third kappa shape index (κ3) is 6.18. The maximum absolute atomic E-state index is 7.35. The van der Waals surface area contributed by atoms with E-state index >= 15 is 0 Å². The SMILES string of the molecule is CC(C)(C)c1ccc(N(c2ccc3c(c2)C(C)(C)c2c4c(c5c(oc6ccccc65)c2-3)-c2ccccc2C4(c2ccccc2)c2ccccc2)c2ccc3c(c2)C2(C)c4ccccc4C4(c5ccccc5)c5ccccc5-c5c4c2c-3c2oc3ccccc3c52)cc1. The Morgan fingerprint density at radius 2 is 0.717 bits per heavy atom. The highest BCUT2D eigenvalue weighted by atomic mass is 16.3. The van der Waals surface area contributed by atoms with E-state index in [1.54, 1.807) is 0 Å². The van der Waals surface area contributed by atoms with Crippen LogP contribution in [0, 0.1) is 0 Å². The summed E-state index contributed by atoms with van der Waals surface area (Å²) in [6.07, 6.45) is 0. The fourth-order valence-electron chi connectivity index (χ4n) is 18.8. The van der Waals surface area contributed by atoms with Crippen molar-refractivity contribution in [3.8, 4) is 44.5 Å². The summed E-state index contributed by atoms with van der Waals surface area (Å²) in [5.74, 6) is 0. The van der Waals surface area contributed by atoms with Gasteiger partial charge in [-0.05, 0) is 172 Å². The van der Waals surface area contributed by atoms with Crippen LogP contribution < -0.4 is 4.90 Å². The Morgan fingerprint density at radius 3 is 1.26 bits per heavy atom. The minimum absolute atomic E-state index is 0.0391. The van der Waals surface area contributed by atoms with Crippen LogP contribution in [-0.4, -0.2) is 0 Å². The van der Waals surface area contributed by atoms with Crippen LogP contribution in [0.15, 0.2) is 282 Å². The van der Waals surface area contributed by atoms with Crippen molar-refractivity contribution in [1.29, 1.82) is 0 Å². The molecule has 0 amide bonds. The molecule has 0 fully saturated rings. The van der Waals surface area contributed by atoms with Gasteiger partial charge in [-0.15, -0.1) is 0 Å². The maximum atomic E-state index is 7.35. The first-order chi connectivity index (χ1) is 44.9. The summed E-state index contributed by atoms with van der Waals surface area (Å²) in [6, 6.07) is 103. The molecule has 436 valence electrons. The minimum atomic E-state index is -0.651. The van der Waals surface area contributed by atoms with Crippen molar-refractivity contribution in [1.82, 2.24) is 0 Å². The van der Waals surface area contributed by atoms with Crippen LogP contribution in [0.2, 0.25) is 0 Å². The van der Waals surface area contributed by atoms with Gasteiger partial charge in [0.05, 0.1) is 10.8 Å². The van der Waals surface area contributed by atoms with Crippen molar-refractivity contribution in [3.63, 3.8) is 0 Å². The Balaban J connectivity index is 0.857. The van der Waals surface area contributed by atoms with Gasteiger partial charge in [0.15, 0.2) is 0 Å². The van der Waals surface area contributed by atoms with Crippen LogP contribution in [0.1, 0.15) is 119 Å². The Hall–Kier alpha value is -10.7. The van der Waals surface area contributed by atoms with Gasteiger partial charge in [0.2, 0.25) is 0 Å². The zero-order valence-corrected chi connectivity index (χ0v) is 52.2. The third-order valence-corrected chi connectivity index (χ3v) is 22.5. The van der Waals surface area contributed by atoms with Gasteiger partial charge < -0.3 is 13.7 Å². The average molecular weight is 1180 g/mol. The van der Waals surface area contributed by atoms with Gasteiger partial charge in [-0.3, -0.25) is 0 Å². The molecule has 0 radical (unpaired) electrons. The van der Waals surface area contributed by atoms with Crippen LogP contribution in [0.5, 0.6) is 0 Å². The lowest BCUT2D eigenvalue weighted by atomic mass is 9.55. The standard InChI is InChI=1S/C89H63NO2/c1-85(2,3)52-42-44-56(45-43-52)90(57-46-48-61-69(50-57)86(4,5)79-77(61)83-75(63-34-18-24-40-71(63)91-83)73-59-32-16-20-36-65(59)88(81(73)79,53-26-10-7-11-27-53)54-28-12-8-13-29-54)58-47-49-62-70(51-58)87(6)67-38-22-23-39-68(67)89(55-30-14-9-15-31-55)66-37-21-17-33-60(66)74-76-64-35-19-25-41-72(64)92-84(76)78(62)80(87)82(74)89/h7-51H,1-6H3. The van der Waals surface area contributed by atoms with Crippen LogP contribution in [0.25, 0.3) is 88.4 Å². The molecule has 92 heavy (non-hydrogen) atoms. The Kier molecular flexibility index (Phi) is 10.1. The van der Waals surface area contributed by atoms with Gasteiger partial charge in [-0.2, -0.15) is 0 Å². The number of nitrogens with zero attached hydrogens (tertiary/aromatic N) is 1. The highest BCUT2D eigenvalue weighted by Crippen LogP contribution is 2.72. The first kappa shape index (κ1) is 52.1. The molecule has 2 unspecified atom stereocenters. The van der Waals surface area contributed by atoms with Crippen molar-refractivity contribution in [2.24, 2.45) is 0 Å². The molecular formula is C89H63NO2. The zero-order valence-electron chi connectivity index (χ0n) is 52.2. The first-order valence-electron chi connectivity index (χ1n) is 32.7. The summed E-state index contributed by atoms with van der Waals surface area (Å²) in [5.41, 5.74) is 32.7. The summed E-state index contributed by atoms with van der Waals surface area (Å²) in [6.45, 7) is 14.4. The van der Waals surface area contributed by atoms with E-state index in [1.807, 2.05) is 0 Å². The van der Waals surface area contributed by atoms with E-state index in [1.165, 1.54) is 133 Å². The van der Waals surface area contributed by atoms with Gasteiger partial charge in [-0.1, -0.05) is 259 Å². The smallest absolute Gasteiger partial charge is 0.144 e. The van der Waals surface area contributed by atoms with Crippen LogP contribution >= 0.6 is 0 Å². The lowest BCUT2D eigenvalue weighted by molar-refractivity contribution is 0.590. The number of para-hydroxylation sites is 2. The number of anilines is 3. The molecule has 0 saturated heterocycles. The van der Waals surface area contributed by atoms with Gasteiger partial charge in [0.25, 0.3) is 0 Å². The predicted molar refractivity (Wildman–Crippen MR) is 378 cm³/mol. The summed E-state index contributed by atoms with van der Waals surface area (Å²) in [7, 11) is 0. The zero-order chi connectivity index (χ0) is 61.4. The number of furan rings is 2. The molecule has 0 bridgehead atoms. The van der Waals surface area contributed by atoms with Crippen LogP contribution in [0.4, 0.5) is 17.1 Å². The molecule has 0 spiro atoms. The first-order valence-corrected chi connectivity index (χ1v) is 32.7. The van der Waals surface area contributed by atoms with Crippen LogP contribution in [-0.2, 0) is 27.1 Å². The molecule has 5 aliphatic carbocycles. The Morgan fingerprint density at radius 1 is 0.315 bits per heavy atom. The van der Waals surface area contributed by atoms with E-state index in [2.05, 4.69) is 319 Å². The lowest BCUT2D eigenvalue weighted by Crippen LogP contribution is -2.41. The van der Waals surface area contributed by atoms with Crippen molar-refractivity contribution >= 4 is 60.9 Å². The van der Waals surface area contributed by atoms with Gasteiger partial charge in [0.1, 0.15) is 22.3 Å². The molecule has 5 aliphatic rings. The summed E-state index contributed by atoms with van der Waals surface area (Å²) in [4.78, 5) is 2.54. The summed E-state index contributed by atoms with van der Waals surface area (Å²) in [5, 5.41) is 4.65. The molecule has 2 atom stereocenters. The van der Waals surface area contributed by atoms with E-state index in [0.717, 1.165) is 50.2 Å². The molecule has 2 aromatic heterocycles. The number of hydrogen-bond donors (Lipinski definition) is 0. The number of rotatable bonds is 6. The van der Waals surface area contributed by atoms with Crippen molar-refractivity contribution in [2.45, 2.75) is 68.6 Å². The number of hydrogen-bond acceptors (Lipinski definition) is 3. The van der Waals surface area contributed by atoms with Gasteiger partial charge in [-0.25, -0.2) is 0 Å². The monoisotopic (exact) mass is 1180 g/mol. The normalized spacial score (nSPS) is 17.7. The van der Waals surface area contributed by atoms with Crippen molar-refractivity contribution in [3.05, 3.63) is 351 Å². The Labute approximate surface area is 535 Å². The number of benzene rings is 13. The molecule has 20 rings (SSSR count). The van der Waals surface area contributed by atoms with E-state index in [0.29, 0.717) is 0 Å². The van der Waals surface area contributed by atoms with Crippen molar-refractivity contribution < 1.29 is 8.83 Å². The fraction of sp³-hybridized carbons (Fsp3) is 0.124. The van der Waals surface area contributed by atoms with E-state index in [9.17, 15) is 0 Å². The second kappa shape index (κ2) is 17.8. The quantitative estimate of drug-likeness (QED) is 0.166. The molecule has 3 heteroatoms. The van der Waals surface area contributed by atoms with E-state index in [4.69, 9.17) is 8.83 Å². The maximum Gasteiger partial charge on any atom is 0.144 e. The van der Waals surface area contributed by atoms with E-state index in [-0.39, 0.29) is 5.41 Å². The molecule has 3 nitrogen and oxygen atoms in total. The summed E-state index contributed by atoms with van der Waals surface area (Å²) < 4.78 is 14.7. The largest absolute Gasteiger partial charge is 0.455 e. The highest BCUT2D eigenvalue weighted by Gasteiger charge is 2.61.